The minimum absolute atomic E-state index is 0.237. The summed E-state index contributed by atoms with van der Waals surface area (Å²) in [6.07, 6.45) is -0.976. The Morgan fingerprint density at radius 1 is 0.720 bits per heavy atom. The second kappa shape index (κ2) is 7.58. The van der Waals surface area contributed by atoms with Crippen LogP contribution in [-0.2, 0) is 4.74 Å². The highest BCUT2D eigenvalue weighted by atomic mass is 16.5. The van der Waals surface area contributed by atoms with Crippen molar-refractivity contribution < 1.29 is 14.3 Å². The number of carbonyl (C=O) groups is 2. The summed E-state index contributed by atoms with van der Waals surface area (Å²) >= 11 is 0. The Labute approximate surface area is 146 Å². The summed E-state index contributed by atoms with van der Waals surface area (Å²) in [5, 5.41) is 0. The van der Waals surface area contributed by atoms with Crippen molar-refractivity contribution in [1.82, 2.24) is 0 Å². The molecule has 0 radical (unpaired) electrons. The summed E-state index contributed by atoms with van der Waals surface area (Å²) < 4.78 is 5.63. The number of carbonyl (C=O) groups excluding carboxylic acids is 2. The third-order valence-electron chi connectivity index (χ3n) is 4.00. The van der Waals surface area contributed by atoms with E-state index in [9.17, 15) is 9.59 Å². The molecule has 0 amide bonds. The fraction of sp³-hybridized carbons (Fsp3) is 0.0909. The molecule has 0 spiro atoms. The molecule has 1 unspecified atom stereocenters. The Balaban J connectivity index is 1.96. The van der Waals surface area contributed by atoms with E-state index in [0.29, 0.717) is 16.7 Å². The van der Waals surface area contributed by atoms with Gasteiger partial charge in [-0.25, -0.2) is 4.79 Å². The van der Waals surface area contributed by atoms with E-state index in [4.69, 9.17) is 4.74 Å². The number of benzene rings is 3. The summed E-state index contributed by atoms with van der Waals surface area (Å²) in [6.45, 7) is 1.90. The first-order chi connectivity index (χ1) is 12.2. The maximum atomic E-state index is 13.0. The third-order valence-corrected chi connectivity index (χ3v) is 4.00. The van der Waals surface area contributed by atoms with Crippen molar-refractivity contribution in [2.75, 3.05) is 0 Å². The van der Waals surface area contributed by atoms with E-state index in [0.717, 1.165) is 5.56 Å². The second-order valence-corrected chi connectivity index (χ2v) is 5.74. The Bertz CT molecular complexity index is 870. The van der Waals surface area contributed by atoms with E-state index >= 15 is 0 Å². The van der Waals surface area contributed by atoms with Crippen LogP contribution in [-0.4, -0.2) is 11.8 Å². The summed E-state index contributed by atoms with van der Waals surface area (Å²) in [7, 11) is 0. The molecule has 124 valence electrons. The molecule has 0 heterocycles. The zero-order valence-electron chi connectivity index (χ0n) is 13.9. The van der Waals surface area contributed by atoms with E-state index < -0.39 is 12.1 Å². The van der Waals surface area contributed by atoms with Gasteiger partial charge in [0, 0.05) is 11.1 Å². The molecule has 0 bridgehead atoms. The molecule has 3 aromatic rings. The van der Waals surface area contributed by atoms with E-state index in [1.165, 1.54) is 0 Å². The van der Waals surface area contributed by atoms with Gasteiger partial charge >= 0.3 is 5.97 Å². The maximum absolute atomic E-state index is 13.0. The van der Waals surface area contributed by atoms with Crippen molar-refractivity contribution in [3.63, 3.8) is 0 Å². The van der Waals surface area contributed by atoms with Gasteiger partial charge in [-0.3, -0.25) is 4.79 Å². The number of hydrogen-bond acceptors (Lipinski definition) is 3. The number of esters is 1. The molecule has 0 saturated carbocycles. The molecule has 1 atom stereocenters. The first-order valence-corrected chi connectivity index (χ1v) is 8.07. The minimum atomic E-state index is -0.976. The molecular weight excluding hydrogens is 312 g/mol. The normalized spacial score (nSPS) is 11.6. The molecule has 0 aromatic heterocycles. The van der Waals surface area contributed by atoms with E-state index in [1.807, 2.05) is 43.3 Å². The van der Waals surface area contributed by atoms with Crippen molar-refractivity contribution >= 4 is 11.8 Å². The molecule has 3 heteroatoms. The highest BCUT2D eigenvalue weighted by Gasteiger charge is 2.27. The van der Waals surface area contributed by atoms with Crippen LogP contribution in [0.4, 0.5) is 0 Å². The van der Waals surface area contributed by atoms with Crippen molar-refractivity contribution in [2.24, 2.45) is 0 Å². The van der Waals surface area contributed by atoms with Gasteiger partial charge in [-0.2, -0.15) is 0 Å². The molecule has 0 aliphatic heterocycles. The average molecular weight is 330 g/mol. The molecule has 3 rings (SSSR count). The predicted octanol–water partition coefficient (Wildman–Crippen LogP) is 4.78. The van der Waals surface area contributed by atoms with Crippen molar-refractivity contribution in [3.8, 4) is 0 Å². The van der Waals surface area contributed by atoms with Gasteiger partial charge in [0.2, 0.25) is 5.78 Å². The molecule has 0 fully saturated rings. The van der Waals surface area contributed by atoms with Gasteiger partial charge < -0.3 is 4.74 Å². The number of ether oxygens (including phenoxy) is 1. The van der Waals surface area contributed by atoms with Gasteiger partial charge in [-0.1, -0.05) is 72.8 Å². The number of rotatable bonds is 5. The molecular formula is C22H18O3. The van der Waals surface area contributed by atoms with Crippen LogP contribution in [0, 0.1) is 6.92 Å². The highest BCUT2D eigenvalue weighted by molar-refractivity contribution is 6.02. The van der Waals surface area contributed by atoms with Gasteiger partial charge in [0.15, 0.2) is 6.10 Å². The largest absolute Gasteiger partial charge is 0.445 e. The maximum Gasteiger partial charge on any atom is 0.339 e. The van der Waals surface area contributed by atoms with Crippen LogP contribution in [0.3, 0.4) is 0 Å². The molecule has 3 aromatic carbocycles. The van der Waals surface area contributed by atoms with Gasteiger partial charge in [-0.05, 0) is 24.6 Å². The Kier molecular flexibility index (Phi) is 5.05. The van der Waals surface area contributed by atoms with Gasteiger partial charge in [0.25, 0.3) is 0 Å². The van der Waals surface area contributed by atoms with Gasteiger partial charge in [0.1, 0.15) is 0 Å². The molecule has 0 aliphatic carbocycles. The first-order valence-electron chi connectivity index (χ1n) is 8.07. The molecule has 0 aliphatic rings. The van der Waals surface area contributed by atoms with E-state index in [1.54, 1.807) is 48.5 Å². The Morgan fingerprint density at radius 3 is 1.84 bits per heavy atom. The van der Waals surface area contributed by atoms with Crippen LogP contribution in [0.5, 0.6) is 0 Å². The van der Waals surface area contributed by atoms with Crippen molar-refractivity contribution in [3.05, 3.63) is 107 Å². The minimum Gasteiger partial charge on any atom is -0.445 e. The lowest BCUT2D eigenvalue weighted by Crippen LogP contribution is -2.21. The van der Waals surface area contributed by atoms with Crippen LogP contribution in [0.1, 0.15) is 37.9 Å². The summed E-state index contributed by atoms with van der Waals surface area (Å²) in [4.78, 5) is 25.5. The quantitative estimate of drug-likeness (QED) is 0.500. The lowest BCUT2D eigenvalue weighted by Gasteiger charge is -2.19. The van der Waals surface area contributed by atoms with Crippen molar-refractivity contribution in [2.45, 2.75) is 13.0 Å². The number of Topliss-reactive ketones (excluding diaryl/α,β-unsaturated/α-hetero) is 1. The van der Waals surface area contributed by atoms with Crippen molar-refractivity contribution in [1.29, 1.82) is 0 Å². The van der Waals surface area contributed by atoms with Crippen LogP contribution >= 0.6 is 0 Å². The zero-order valence-corrected chi connectivity index (χ0v) is 13.9. The fourth-order valence-electron chi connectivity index (χ4n) is 2.64. The van der Waals surface area contributed by atoms with Crippen LogP contribution in [0.2, 0.25) is 0 Å². The summed E-state index contributed by atoms with van der Waals surface area (Å²) in [5.74, 6) is -0.752. The lowest BCUT2D eigenvalue weighted by atomic mass is 9.96. The van der Waals surface area contributed by atoms with Crippen LogP contribution < -0.4 is 0 Å². The van der Waals surface area contributed by atoms with E-state index in [2.05, 4.69) is 0 Å². The monoisotopic (exact) mass is 330 g/mol. The molecule has 25 heavy (non-hydrogen) atoms. The van der Waals surface area contributed by atoms with Crippen LogP contribution in [0.15, 0.2) is 84.9 Å². The topological polar surface area (TPSA) is 43.4 Å². The standard InChI is InChI=1S/C22H18O3/c1-16-10-8-9-15-19(16)21(20(23)17-11-4-2-5-12-17)25-22(24)18-13-6-3-7-14-18/h2-15,21H,1H3. The fourth-order valence-corrected chi connectivity index (χ4v) is 2.64. The first kappa shape index (κ1) is 16.7. The molecule has 0 saturated heterocycles. The van der Waals surface area contributed by atoms with E-state index in [-0.39, 0.29) is 5.78 Å². The summed E-state index contributed by atoms with van der Waals surface area (Å²) in [6, 6.07) is 25.0. The molecule has 3 nitrogen and oxygen atoms in total. The third kappa shape index (κ3) is 3.83. The number of ketones is 1. The molecule has 0 N–H and O–H groups in total. The Hall–Kier alpha value is -3.20. The highest BCUT2D eigenvalue weighted by Crippen LogP contribution is 2.26. The lowest BCUT2D eigenvalue weighted by molar-refractivity contribution is 0.0279. The average Bonchev–Trinajstić information content (AvgIpc) is 2.67. The van der Waals surface area contributed by atoms with Gasteiger partial charge in [-0.15, -0.1) is 0 Å². The number of aryl methyl sites for hydroxylation is 1. The predicted molar refractivity (Wildman–Crippen MR) is 96.6 cm³/mol. The van der Waals surface area contributed by atoms with Crippen LogP contribution in [0.25, 0.3) is 0 Å². The zero-order chi connectivity index (χ0) is 17.6. The summed E-state index contributed by atoms with van der Waals surface area (Å²) in [5.41, 5.74) is 2.52. The second-order valence-electron chi connectivity index (χ2n) is 5.74. The number of hydrogen-bond donors (Lipinski definition) is 0. The Morgan fingerprint density at radius 2 is 1.24 bits per heavy atom. The smallest absolute Gasteiger partial charge is 0.339 e. The SMILES string of the molecule is Cc1ccccc1C(OC(=O)c1ccccc1)C(=O)c1ccccc1. The van der Waals surface area contributed by atoms with Gasteiger partial charge in [0.05, 0.1) is 5.56 Å².